The molecule has 0 saturated carbocycles. The molecule has 1 aromatic rings. The molecule has 0 spiro atoms. The van der Waals surface area contributed by atoms with Crippen molar-refractivity contribution >= 4 is 34.8 Å². The van der Waals surface area contributed by atoms with E-state index < -0.39 is 0 Å². The molecular formula is C14H23Cl2N3. The summed E-state index contributed by atoms with van der Waals surface area (Å²) in [6.07, 6.45) is 5.81. The van der Waals surface area contributed by atoms with Crippen molar-refractivity contribution < 1.29 is 0 Å². The predicted molar refractivity (Wildman–Crippen MR) is 85.6 cm³/mol. The maximum Gasteiger partial charge on any atom is 0.147 e. The summed E-state index contributed by atoms with van der Waals surface area (Å²) in [5.41, 5.74) is 0. The predicted octanol–water partition coefficient (Wildman–Crippen LogP) is 5.20. The van der Waals surface area contributed by atoms with E-state index in [9.17, 15) is 0 Å². The van der Waals surface area contributed by atoms with E-state index in [-0.39, 0.29) is 0 Å². The number of nitrogens with one attached hydrogen (secondary N) is 2. The molecule has 0 aliphatic heterocycles. The molecule has 0 aliphatic carbocycles. The largest absolute Gasteiger partial charge is 0.372 e. The highest BCUT2D eigenvalue weighted by Crippen LogP contribution is 2.30. The number of aromatic nitrogens is 1. The minimum Gasteiger partial charge on any atom is -0.372 e. The first-order chi connectivity index (χ1) is 9.12. The van der Waals surface area contributed by atoms with Gasteiger partial charge in [0.2, 0.25) is 0 Å². The Morgan fingerprint density at radius 2 is 1.79 bits per heavy atom. The van der Waals surface area contributed by atoms with Gasteiger partial charge in [-0.05, 0) is 18.9 Å². The van der Waals surface area contributed by atoms with Gasteiger partial charge in [-0.1, -0.05) is 56.3 Å². The summed E-state index contributed by atoms with van der Waals surface area (Å²) in [5, 5.41) is 7.52. The molecule has 0 amide bonds. The fraction of sp³-hybridized carbons (Fsp3) is 0.643. The zero-order valence-electron chi connectivity index (χ0n) is 11.9. The molecule has 3 nitrogen and oxygen atoms in total. The number of pyridine rings is 1. The number of nitrogens with zero attached hydrogens (tertiary/aromatic N) is 1. The molecule has 5 heteroatoms. The molecule has 0 bridgehead atoms. The van der Waals surface area contributed by atoms with Crippen LogP contribution in [0.1, 0.15) is 46.0 Å². The van der Waals surface area contributed by atoms with Crippen LogP contribution >= 0.6 is 23.2 Å². The Kier molecular flexibility index (Phi) is 7.32. The van der Waals surface area contributed by atoms with Crippen LogP contribution in [-0.2, 0) is 0 Å². The summed E-state index contributed by atoms with van der Waals surface area (Å²) in [6.45, 7) is 4.40. The second-order valence-corrected chi connectivity index (χ2v) is 5.49. The average molecular weight is 304 g/mol. The van der Waals surface area contributed by atoms with Crippen LogP contribution in [0.15, 0.2) is 6.07 Å². The maximum absolute atomic E-state index is 6.20. The van der Waals surface area contributed by atoms with E-state index in [0.717, 1.165) is 19.3 Å². The molecular weight excluding hydrogens is 281 g/mol. The van der Waals surface area contributed by atoms with Crippen molar-refractivity contribution in [3.63, 3.8) is 0 Å². The summed E-state index contributed by atoms with van der Waals surface area (Å²) in [4.78, 5) is 4.43. The Morgan fingerprint density at radius 1 is 1.11 bits per heavy atom. The molecule has 1 unspecified atom stereocenters. The second-order valence-electron chi connectivity index (χ2n) is 4.67. The molecule has 1 aromatic heterocycles. The van der Waals surface area contributed by atoms with E-state index in [2.05, 4.69) is 29.5 Å². The highest BCUT2D eigenvalue weighted by atomic mass is 35.5. The summed E-state index contributed by atoms with van der Waals surface area (Å²) < 4.78 is 0. The van der Waals surface area contributed by atoms with Gasteiger partial charge in [-0.2, -0.15) is 0 Å². The Balaban J connectivity index is 2.82. The molecule has 1 rings (SSSR count). The zero-order chi connectivity index (χ0) is 14.3. The van der Waals surface area contributed by atoms with E-state index in [1.807, 2.05) is 0 Å². The first kappa shape index (κ1) is 16.4. The third kappa shape index (κ3) is 5.07. The summed E-state index contributed by atoms with van der Waals surface area (Å²) in [7, 11) is 1.80. The van der Waals surface area contributed by atoms with Crippen molar-refractivity contribution in [3.8, 4) is 0 Å². The molecule has 0 fully saturated rings. The van der Waals surface area contributed by atoms with E-state index >= 15 is 0 Å². The van der Waals surface area contributed by atoms with Crippen LogP contribution in [0.3, 0.4) is 0 Å². The van der Waals surface area contributed by atoms with Crippen LogP contribution in [0.5, 0.6) is 0 Å². The molecule has 1 atom stereocenters. The number of anilines is 2. The lowest BCUT2D eigenvalue weighted by atomic mass is 10.1. The Morgan fingerprint density at radius 3 is 2.37 bits per heavy atom. The highest BCUT2D eigenvalue weighted by molar-refractivity contribution is 6.37. The zero-order valence-corrected chi connectivity index (χ0v) is 13.4. The van der Waals surface area contributed by atoms with Gasteiger partial charge >= 0.3 is 0 Å². The first-order valence-corrected chi connectivity index (χ1v) is 7.68. The van der Waals surface area contributed by atoms with Crippen LogP contribution in [0.2, 0.25) is 10.0 Å². The van der Waals surface area contributed by atoms with Crippen molar-refractivity contribution in [3.05, 3.63) is 16.1 Å². The van der Waals surface area contributed by atoms with Gasteiger partial charge in [-0.25, -0.2) is 4.98 Å². The smallest absolute Gasteiger partial charge is 0.147 e. The van der Waals surface area contributed by atoms with Crippen molar-refractivity contribution in [1.29, 1.82) is 0 Å². The van der Waals surface area contributed by atoms with Gasteiger partial charge in [0.1, 0.15) is 11.6 Å². The third-order valence-electron chi connectivity index (χ3n) is 3.05. The number of rotatable bonds is 8. The van der Waals surface area contributed by atoms with E-state index in [1.54, 1.807) is 13.1 Å². The minimum absolute atomic E-state index is 0.417. The number of unbranched alkanes of at least 4 members (excludes halogenated alkanes) is 1. The molecule has 0 saturated heterocycles. The van der Waals surface area contributed by atoms with Crippen LogP contribution < -0.4 is 10.6 Å². The molecule has 0 radical (unpaired) electrons. The summed E-state index contributed by atoms with van der Waals surface area (Å²) in [5.74, 6) is 1.37. The van der Waals surface area contributed by atoms with E-state index in [0.29, 0.717) is 27.7 Å². The molecule has 19 heavy (non-hydrogen) atoms. The number of halogens is 2. The van der Waals surface area contributed by atoms with Crippen molar-refractivity contribution in [2.75, 3.05) is 17.7 Å². The van der Waals surface area contributed by atoms with Gasteiger partial charge in [0.05, 0.1) is 10.0 Å². The van der Waals surface area contributed by atoms with E-state index in [1.165, 1.54) is 12.8 Å². The van der Waals surface area contributed by atoms with Crippen molar-refractivity contribution in [1.82, 2.24) is 4.98 Å². The van der Waals surface area contributed by atoms with Crippen molar-refractivity contribution in [2.45, 2.75) is 52.0 Å². The van der Waals surface area contributed by atoms with Gasteiger partial charge in [0, 0.05) is 13.1 Å². The van der Waals surface area contributed by atoms with Gasteiger partial charge in [0.15, 0.2) is 0 Å². The minimum atomic E-state index is 0.417. The SMILES string of the molecule is CCCCC(CCC)Nc1nc(NC)c(Cl)cc1Cl. The molecule has 0 aromatic carbocycles. The lowest BCUT2D eigenvalue weighted by molar-refractivity contribution is 0.563. The fourth-order valence-electron chi connectivity index (χ4n) is 2.02. The molecule has 0 aliphatic rings. The van der Waals surface area contributed by atoms with Gasteiger partial charge in [-0.3, -0.25) is 0 Å². The number of hydrogen-bond acceptors (Lipinski definition) is 3. The Labute approximate surface area is 126 Å². The van der Waals surface area contributed by atoms with Gasteiger partial charge in [0.25, 0.3) is 0 Å². The number of hydrogen-bond donors (Lipinski definition) is 2. The molecule has 1 heterocycles. The van der Waals surface area contributed by atoms with E-state index in [4.69, 9.17) is 23.2 Å². The van der Waals surface area contributed by atoms with Crippen LogP contribution in [0, 0.1) is 0 Å². The molecule has 108 valence electrons. The van der Waals surface area contributed by atoms with Crippen LogP contribution in [-0.4, -0.2) is 18.1 Å². The monoisotopic (exact) mass is 303 g/mol. The summed E-state index contributed by atoms with van der Waals surface area (Å²) >= 11 is 12.2. The average Bonchev–Trinajstić information content (AvgIpc) is 2.39. The second kappa shape index (κ2) is 8.49. The lowest BCUT2D eigenvalue weighted by Crippen LogP contribution is -2.20. The quantitative estimate of drug-likeness (QED) is 0.693. The standard InChI is InChI=1S/C14H23Cl2N3/c1-4-6-8-10(7-5-2)18-14-12(16)9-11(15)13(17-3)19-14/h9-10H,4-8H2,1-3H3,(H2,17,18,19). The fourth-order valence-corrected chi connectivity index (χ4v) is 2.53. The third-order valence-corrected chi connectivity index (χ3v) is 3.63. The topological polar surface area (TPSA) is 37.0 Å². The Bertz CT molecular complexity index is 397. The van der Waals surface area contributed by atoms with Crippen LogP contribution in [0.4, 0.5) is 11.6 Å². The normalized spacial score (nSPS) is 12.3. The first-order valence-electron chi connectivity index (χ1n) is 6.92. The maximum atomic E-state index is 6.20. The Hall–Kier alpha value is -0.670. The van der Waals surface area contributed by atoms with Crippen LogP contribution in [0.25, 0.3) is 0 Å². The lowest BCUT2D eigenvalue weighted by Gasteiger charge is -2.20. The molecule has 2 N–H and O–H groups in total. The van der Waals surface area contributed by atoms with Gasteiger partial charge < -0.3 is 10.6 Å². The highest BCUT2D eigenvalue weighted by Gasteiger charge is 2.13. The van der Waals surface area contributed by atoms with Crippen molar-refractivity contribution in [2.24, 2.45) is 0 Å². The van der Waals surface area contributed by atoms with Gasteiger partial charge in [-0.15, -0.1) is 0 Å². The summed E-state index contributed by atoms with van der Waals surface area (Å²) in [6, 6.07) is 2.15.